The lowest BCUT2D eigenvalue weighted by Gasteiger charge is -2.17. The minimum absolute atomic E-state index is 0.119. The van der Waals surface area contributed by atoms with Crippen molar-refractivity contribution in [3.8, 4) is 0 Å². The number of carbonyl (C=O) groups is 2. The first-order valence-corrected chi connectivity index (χ1v) is 7.05. The first-order valence-electron chi connectivity index (χ1n) is 7.05. The van der Waals surface area contributed by atoms with E-state index in [9.17, 15) is 9.59 Å². The van der Waals surface area contributed by atoms with Crippen molar-refractivity contribution >= 4 is 17.5 Å². The van der Waals surface area contributed by atoms with Gasteiger partial charge in [0.1, 0.15) is 0 Å². The van der Waals surface area contributed by atoms with Gasteiger partial charge in [0.25, 0.3) is 5.91 Å². The van der Waals surface area contributed by atoms with Gasteiger partial charge in [-0.3, -0.25) is 9.59 Å². The smallest absolute Gasteiger partial charge is 0.251 e. The van der Waals surface area contributed by atoms with Crippen LogP contribution in [0.1, 0.15) is 30.6 Å². The fourth-order valence-electron chi connectivity index (χ4n) is 1.71. The van der Waals surface area contributed by atoms with Crippen LogP contribution < -0.4 is 16.4 Å². The Morgan fingerprint density at radius 3 is 2.48 bits per heavy atom. The fraction of sp³-hybridized carbons (Fsp3) is 0.375. The number of nitrogens with one attached hydrogen (secondary N) is 2. The zero-order valence-electron chi connectivity index (χ0n) is 12.6. The van der Waals surface area contributed by atoms with Gasteiger partial charge >= 0.3 is 0 Å². The number of benzene rings is 1. The molecule has 21 heavy (non-hydrogen) atoms. The summed E-state index contributed by atoms with van der Waals surface area (Å²) in [7, 11) is 0. The summed E-state index contributed by atoms with van der Waals surface area (Å²) in [6, 6.07) is 6.14. The lowest BCUT2D eigenvalue weighted by Crippen LogP contribution is -2.40. The SMILES string of the molecule is C=CCNC(=O)c1ccc(NC(=O)C(N)C(C)CC)cc1. The molecule has 2 amide bonds. The molecule has 1 aromatic rings. The summed E-state index contributed by atoms with van der Waals surface area (Å²) in [5.41, 5.74) is 7.02. The van der Waals surface area contributed by atoms with Crippen molar-refractivity contribution in [2.45, 2.75) is 26.3 Å². The topological polar surface area (TPSA) is 84.2 Å². The van der Waals surface area contributed by atoms with Crippen molar-refractivity contribution in [2.75, 3.05) is 11.9 Å². The molecule has 1 rings (SSSR count). The third kappa shape index (κ3) is 5.04. The van der Waals surface area contributed by atoms with E-state index in [-0.39, 0.29) is 17.7 Å². The maximum atomic E-state index is 11.9. The predicted molar refractivity (Wildman–Crippen MR) is 85.0 cm³/mol. The van der Waals surface area contributed by atoms with Gasteiger partial charge in [0.15, 0.2) is 0 Å². The predicted octanol–water partition coefficient (Wildman–Crippen LogP) is 1.91. The van der Waals surface area contributed by atoms with Crippen LogP contribution in [0.3, 0.4) is 0 Å². The molecule has 0 spiro atoms. The molecule has 1 aromatic carbocycles. The summed E-state index contributed by atoms with van der Waals surface area (Å²) in [5, 5.41) is 5.44. The lowest BCUT2D eigenvalue weighted by atomic mass is 9.99. The maximum Gasteiger partial charge on any atom is 0.251 e. The van der Waals surface area contributed by atoms with E-state index >= 15 is 0 Å². The summed E-state index contributed by atoms with van der Waals surface area (Å²) in [5.74, 6) is -0.272. The van der Waals surface area contributed by atoms with E-state index in [0.29, 0.717) is 17.8 Å². The van der Waals surface area contributed by atoms with E-state index in [1.165, 1.54) is 0 Å². The number of amides is 2. The van der Waals surface area contributed by atoms with Crippen molar-refractivity contribution in [1.29, 1.82) is 0 Å². The highest BCUT2D eigenvalue weighted by Crippen LogP contribution is 2.12. The summed E-state index contributed by atoms with van der Waals surface area (Å²) in [6.07, 6.45) is 2.46. The van der Waals surface area contributed by atoms with Crippen LogP contribution in [0, 0.1) is 5.92 Å². The van der Waals surface area contributed by atoms with Gasteiger partial charge in [0.2, 0.25) is 5.91 Å². The molecule has 5 nitrogen and oxygen atoms in total. The maximum absolute atomic E-state index is 11.9. The minimum atomic E-state index is -0.537. The number of nitrogens with two attached hydrogens (primary N) is 1. The highest BCUT2D eigenvalue weighted by atomic mass is 16.2. The van der Waals surface area contributed by atoms with Crippen LogP contribution in [0.25, 0.3) is 0 Å². The molecule has 0 saturated heterocycles. The molecular weight excluding hydrogens is 266 g/mol. The number of hydrogen-bond donors (Lipinski definition) is 3. The van der Waals surface area contributed by atoms with Gasteiger partial charge in [-0.25, -0.2) is 0 Å². The Bertz CT molecular complexity index is 497. The van der Waals surface area contributed by atoms with E-state index in [1.807, 2.05) is 13.8 Å². The molecular formula is C16H23N3O2. The van der Waals surface area contributed by atoms with Crippen molar-refractivity contribution in [2.24, 2.45) is 11.7 Å². The second-order valence-corrected chi connectivity index (χ2v) is 4.98. The van der Waals surface area contributed by atoms with Gasteiger partial charge in [0.05, 0.1) is 6.04 Å². The highest BCUT2D eigenvalue weighted by molar-refractivity contribution is 5.97. The van der Waals surface area contributed by atoms with Crippen LogP contribution in [0.2, 0.25) is 0 Å². The van der Waals surface area contributed by atoms with Crippen LogP contribution in [0.5, 0.6) is 0 Å². The molecule has 2 atom stereocenters. The van der Waals surface area contributed by atoms with Gasteiger partial charge in [-0.1, -0.05) is 26.3 Å². The molecule has 0 aliphatic rings. The molecule has 0 bridgehead atoms. The minimum Gasteiger partial charge on any atom is -0.349 e. The molecule has 0 saturated carbocycles. The summed E-state index contributed by atoms with van der Waals surface area (Å²) in [6.45, 7) is 7.89. The van der Waals surface area contributed by atoms with E-state index in [4.69, 9.17) is 5.73 Å². The van der Waals surface area contributed by atoms with Crippen LogP contribution in [0.4, 0.5) is 5.69 Å². The number of anilines is 1. The Morgan fingerprint density at radius 2 is 1.95 bits per heavy atom. The number of rotatable bonds is 7. The summed E-state index contributed by atoms with van der Waals surface area (Å²) < 4.78 is 0. The standard InChI is InChI=1S/C16H23N3O2/c1-4-10-18-15(20)12-6-8-13(9-7-12)19-16(21)14(17)11(3)5-2/h4,6-9,11,14H,1,5,10,17H2,2-3H3,(H,18,20)(H,19,21). The zero-order valence-corrected chi connectivity index (χ0v) is 12.6. The normalized spacial score (nSPS) is 13.1. The van der Waals surface area contributed by atoms with Gasteiger partial charge in [0, 0.05) is 17.8 Å². The molecule has 0 aliphatic carbocycles. The Morgan fingerprint density at radius 1 is 1.33 bits per heavy atom. The van der Waals surface area contributed by atoms with Crippen molar-refractivity contribution in [1.82, 2.24) is 5.32 Å². The highest BCUT2D eigenvalue weighted by Gasteiger charge is 2.19. The Balaban J connectivity index is 2.64. The van der Waals surface area contributed by atoms with Gasteiger partial charge in [-0.05, 0) is 30.2 Å². The Hall–Kier alpha value is -2.14. The van der Waals surface area contributed by atoms with Gasteiger partial charge in [-0.2, -0.15) is 0 Å². The van der Waals surface area contributed by atoms with E-state index < -0.39 is 6.04 Å². The van der Waals surface area contributed by atoms with E-state index in [0.717, 1.165) is 6.42 Å². The first kappa shape index (κ1) is 16.9. The summed E-state index contributed by atoms with van der Waals surface area (Å²) in [4.78, 5) is 23.7. The fourth-order valence-corrected chi connectivity index (χ4v) is 1.71. The Kier molecular flexibility index (Phi) is 6.62. The second-order valence-electron chi connectivity index (χ2n) is 4.98. The molecule has 0 aromatic heterocycles. The van der Waals surface area contributed by atoms with E-state index in [2.05, 4.69) is 17.2 Å². The molecule has 4 N–H and O–H groups in total. The third-order valence-corrected chi connectivity index (χ3v) is 3.38. The van der Waals surface area contributed by atoms with Crippen molar-refractivity contribution in [3.63, 3.8) is 0 Å². The van der Waals surface area contributed by atoms with Crippen molar-refractivity contribution in [3.05, 3.63) is 42.5 Å². The molecule has 0 fully saturated rings. The quantitative estimate of drug-likeness (QED) is 0.670. The van der Waals surface area contributed by atoms with Gasteiger partial charge < -0.3 is 16.4 Å². The van der Waals surface area contributed by atoms with E-state index in [1.54, 1.807) is 30.3 Å². The molecule has 2 unspecified atom stereocenters. The molecule has 5 heteroatoms. The summed E-state index contributed by atoms with van der Waals surface area (Å²) >= 11 is 0. The average molecular weight is 289 g/mol. The average Bonchev–Trinajstić information content (AvgIpc) is 2.51. The van der Waals surface area contributed by atoms with Crippen molar-refractivity contribution < 1.29 is 9.59 Å². The largest absolute Gasteiger partial charge is 0.349 e. The molecule has 114 valence electrons. The number of carbonyl (C=O) groups excluding carboxylic acids is 2. The monoisotopic (exact) mass is 289 g/mol. The molecule has 0 heterocycles. The lowest BCUT2D eigenvalue weighted by molar-refractivity contribution is -0.118. The van der Waals surface area contributed by atoms with Crippen LogP contribution >= 0.6 is 0 Å². The molecule has 0 aliphatic heterocycles. The number of hydrogen-bond acceptors (Lipinski definition) is 3. The second kappa shape index (κ2) is 8.21. The zero-order chi connectivity index (χ0) is 15.8. The molecule has 0 radical (unpaired) electrons. The van der Waals surface area contributed by atoms with Gasteiger partial charge in [-0.15, -0.1) is 6.58 Å². The van der Waals surface area contributed by atoms with Crippen LogP contribution in [-0.4, -0.2) is 24.4 Å². The van der Waals surface area contributed by atoms with Crippen LogP contribution in [-0.2, 0) is 4.79 Å². The van der Waals surface area contributed by atoms with Crippen LogP contribution in [0.15, 0.2) is 36.9 Å². The Labute approximate surface area is 125 Å². The third-order valence-electron chi connectivity index (χ3n) is 3.38. The first-order chi connectivity index (χ1) is 9.99.